The number of carbonyl (C=O) groups is 1. The number of benzene rings is 2. The number of rotatable bonds is 5. The molecule has 2 rings (SSSR count). The van der Waals surface area contributed by atoms with Crippen molar-refractivity contribution in [2.24, 2.45) is 5.92 Å². The van der Waals surface area contributed by atoms with Crippen molar-refractivity contribution in [1.82, 2.24) is 5.32 Å². The fourth-order valence-electron chi connectivity index (χ4n) is 2.61. The Bertz CT molecular complexity index is 720. The molecular formula is C20H22F3NO. The summed E-state index contributed by atoms with van der Waals surface area (Å²) in [6.45, 7) is 6.10. The SMILES string of the molecule is CC(C)Cc1ccc([C@@H](C)NC(=O)c2cccc(C(F)(F)F)c2)cc1. The molecule has 1 amide bonds. The lowest BCUT2D eigenvalue weighted by Crippen LogP contribution is -2.27. The summed E-state index contributed by atoms with van der Waals surface area (Å²) in [5.41, 5.74) is 1.30. The zero-order valence-corrected chi connectivity index (χ0v) is 14.5. The summed E-state index contributed by atoms with van der Waals surface area (Å²) >= 11 is 0. The topological polar surface area (TPSA) is 29.1 Å². The van der Waals surface area contributed by atoms with Gasteiger partial charge in [0.15, 0.2) is 0 Å². The van der Waals surface area contributed by atoms with E-state index in [-0.39, 0.29) is 11.6 Å². The molecule has 0 saturated heterocycles. The van der Waals surface area contributed by atoms with Crippen molar-refractivity contribution in [3.8, 4) is 0 Å². The second-order valence-electron chi connectivity index (χ2n) is 6.61. The lowest BCUT2D eigenvalue weighted by molar-refractivity contribution is -0.137. The van der Waals surface area contributed by atoms with Gasteiger partial charge in [-0.2, -0.15) is 13.2 Å². The summed E-state index contributed by atoms with van der Waals surface area (Å²) < 4.78 is 38.3. The highest BCUT2D eigenvalue weighted by Gasteiger charge is 2.31. The number of halogens is 3. The van der Waals surface area contributed by atoms with E-state index in [1.54, 1.807) is 0 Å². The van der Waals surface area contributed by atoms with Crippen LogP contribution < -0.4 is 5.32 Å². The maximum atomic E-state index is 12.8. The van der Waals surface area contributed by atoms with Crippen LogP contribution in [0.5, 0.6) is 0 Å². The van der Waals surface area contributed by atoms with Crippen LogP contribution in [0.15, 0.2) is 48.5 Å². The first-order chi connectivity index (χ1) is 11.7. The largest absolute Gasteiger partial charge is 0.416 e. The van der Waals surface area contributed by atoms with E-state index in [9.17, 15) is 18.0 Å². The van der Waals surface area contributed by atoms with E-state index in [0.29, 0.717) is 5.92 Å². The molecule has 0 heterocycles. The molecule has 1 N–H and O–H groups in total. The molecule has 0 fully saturated rings. The smallest absolute Gasteiger partial charge is 0.346 e. The summed E-state index contributed by atoms with van der Waals surface area (Å²) in [6.07, 6.45) is -3.49. The second kappa shape index (κ2) is 7.72. The van der Waals surface area contributed by atoms with Crippen LogP contribution in [0.1, 0.15) is 53.9 Å². The molecule has 0 unspecified atom stereocenters. The van der Waals surface area contributed by atoms with E-state index in [4.69, 9.17) is 0 Å². The van der Waals surface area contributed by atoms with Gasteiger partial charge in [-0.1, -0.05) is 44.2 Å². The maximum absolute atomic E-state index is 12.8. The Morgan fingerprint density at radius 1 is 1.04 bits per heavy atom. The minimum Gasteiger partial charge on any atom is -0.346 e. The fourth-order valence-corrected chi connectivity index (χ4v) is 2.61. The van der Waals surface area contributed by atoms with E-state index in [0.717, 1.165) is 24.1 Å². The molecule has 1 atom stereocenters. The van der Waals surface area contributed by atoms with Gasteiger partial charge in [0.1, 0.15) is 0 Å². The summed E-state index contributed by atoms with van der Waals surface area (Å²) in [5.74, 6) is 0.0359. The van der Waals surface area contributed by atoms with Gasteiger partial charge in [0.2, 0.25) is 0 Å². The minimum absolute atomic E-state index is 0.00176. The molecule has 0 bridgehead atoms. The van der Waals surface area contributed by atoms with E-state index >= 15 is 0 Å². The van der Waals surface area contributed by atoms with Crippen molar-refractivity contribution < 1.29 is 18.0 Å². The van der Waals surface area contributed by atoms with Crippen molar-refractivity contribution in [2.75, 3.05) is 0 Å². The first-order valence-corrected chi connectivity index (χ1v) is 8.24. The molecule has 25 heavy (non-hydrogen) atoms. The van der Waals surface area contributed by atoms with Crippen LogP contribution in [-0.2, 0) is 12.6 Å². The molecule has 2 aromatic rings. The Morgan fingerprint density at radius 2 is 1.68 bits per heavy atom. The van der Waals surface area contributed by atoms with Gasteiger partial charge >= 0.3 is 6.18 Å². The van der Waals surface area contributed by atoms with E-state index < -0.39 is 17.6 Å². The lowest BCUT2D eigenvalue weighted by Gasteiger charge is -2.16. The van der Waals surface area contributed by atoms with Crippen molar-refractivity contribution >= 4 is 5.91 Å². The first kappa shape index (κ1) is 19.0. The number of hydrogen-bond acceptors (Lipinski definition) is 1. The predicted octanol–water partition coefficient (Wildman–Crippen LogP) is 5.39. The van der Waals surface area contributed by atoms with Gasteiger partial charge in [-0.25, -0.2) is 0 Å². The quantitative estimate of drug-likeness (QED) is 0.770. The number of alkyl halides is 3. The molecule has 2 aromatic carbocycles. The summed E-state index contributed by atoms with van der Waals surface area (Å²) in [5, 5.41) is 2.75. The molecule has 0 spiro atoms. The molecule has 0 radical (unpaired) electrons. The third-order valence-corrected chi connectivity index (χ3v) is 3.92. The molecule has 0 aliphatic rings. The molecule has 5 heteroatoms. The number of hydrogen-bond donors (Lipinski definition) is 1. The standard InChI is InChI=1S/C20H22F3NO/c1-13(2)11-15-7-9-16(10-8-15)14(3)24-19(25)17-5-4-6-18(12-17)20(21,22)23/h4-10,12-14H,11H2,1-3H3,(H,24,25)/t14-/m1/s1. The molecular weight excluding hydrogens is 327 g/mol. The predicted molar refractivity (Wildman–Crippen MR) is 92.3 cm³/mol. The van der Waals surface area contributed by atoms with Gasteiger partial charge in [0.05, 0.1) is 11.6 Å². The average molecular weight is 349 g/mol. The molecule has 2 nitrogen and oxygen atoms in total. The molecule has 0 aliphatic carbocycles. The van der Waals surface area contributed by atoms with Gasteiger partial charge in [-0.3, -0.25) is 4.79 Å². The van der Waals surface area contributed by atoms with E-state index in [2.05, 4.69) is 19.2 Å². The van der Waals surface area contributed by atoms with Crippen LogP contribution in [0.2, 0.25) is 0 Å². The van der Waals surface area contributed by atoms with E-state index in [1.165, 1.54) is 17.7 Å². The minimum atomic E-state index is -4.46. The van der Waals surface area contributed by atoms with E-state index in [1.807, 2.05) is 31.2 Å². The molecule has 0 saturated carbocycles. The van der Waals surface area contributed by atoms with Crippen LogP contribution >= 0.6 is 0 Å². The molecule has 0 aliphatic heterocycles. The Morgan fingerprint density at radius 3 is 2.24 bits per heavy atom. The van der Waals surface area contributed by atoms with Crippen LogP contribution in [0.4, 0.5) is 13.2 Å². The number of nitrogens with one attached hydrogen (secondary N) is 1. The van der Waals surface area contributed by atoms with Crippen molar-refractivity contribution in [3.63, 3.8) is 0 Å². The van der Waals surface area contributed by atoms with Crippen molar-refractivity contribution in [2.45, 2.75) is 39.4 Å². The Balaban J connectivity index is 2.07. The van der Waals surface area contributed by atoms with Crippen LogP contribution in [-0.4, -0.2) is 5.91 Å². The third-order valence-electron chi connectivity index (χ3n) is 3.92. The monoisotopic (exact) mass is 349 g/mol. The highest BCUT2D eigenvalue weighted by atomic mass is 19.4. The third kappa shape index (κ3) is 5.34. The highest BCUT2D eigenvalue weighted by molar-refractivity contribution is 5.94. The van der Waals surface area contributed by atoms with Crippen molar-refractivity contribution in [1.29, 1.82) is 0 Å². The van der Waals surface area contributed by atoms with Gasteiger partial charge in [0, 0.05) is 5.56 Å². The average Bonchev–Trinajstić information content (AvgIpc) is 2.54. The summed E-state index contributed by atoms with van der Waals surface area (Å²) in [4.78, 5) is 12.2. The number of carbonyl (C=O) groups excluding carboxylic acids is 1. The van der Waals surface area contributed by atoms with Gasteiger partial charge in [-0.15, -0.1) is 0 Å². The maximum Gasteiger partial charge on any atom is 0.416 e. The van der Waals surface area contributed by atoms with Crippen LogP contribution in [0, 0.1) is 5.92 Å². The van der Waals surface area contributed by atoms with Gasteiger partial charge in [-0.05, 0) is 48.6 Å². The zero-order valence-electron chi connectivity index (χ0n) is 14.5. The van der Waals surface area contributed by atoms with Crippen LogP contribution in [0.3, 0.4) is 0 Å². The Hall–Kier alpha value is -2.30. The van der Waals surface area contributed by atoms with Gasteiger partial charge < -0.3 is 5.32 Å². The summed E-state index contributed by atoms with van der Waals surface area (Å²) in [6, 6.07) is 12.1. The first-order valence-electron chi connectivity index (χ1n) is 8.24. The van der Waals surface area contributed by atoms with Gasteiger partial charge in [0.25, 0.3) is 5.91 Å². The van der Waals surface area contributed by atoms with Crippen LogP contribution in [0.25, 0.3) is 0 Å². The highest BCUT2D eigenvalue weighted by Crippen LogP contribution is 2.29. The second-order valence-corrected chi connectivity index (χ2v) is 6.61. The summed E-state index contributed by atoms with van der Waals surface area (Å²) in [7, 11) is 0. The fraction of sp³-hybridized carbons (Fsp3) is 0.350. The van der Waals surface area contributed by atoms with Crippen molar-refractivity contribution in [3.05, 3.63) is 70.8 Å². The molecule has 134 valence electrons. The zero-order chi connectivity index (χ0) is 18.6. The normalized spacial score (nSPS) is 12.9. The Kier molecular flexibility index (Phi) is 5.88. The lowest BCUT2D eigenvalue weighted by atomic mass is 10.00. The Labute approximate surface area is 146 Å². The molecule has 0 aromatic heterocycles. The number of amides is 1.